The molecule has 128 valence electrons. The van der Waals surface area contributed by atoms with Crippen molar-refractivity contribution < 1.29 is 4.79 Å². The number of amides is 1. The lowest BCUT2D eigenvalue weighted by Gasteiger charge is -2.12. The average molecular weight is 356 g/mol. The molecule has 7 heteroatoms. The second kappa shape index (κ2) is 7.36. The SMILES string of the molecule is C[C@@H](CNC(=O)c1nnn(-c2cccc(Cl)c2)c1N)c1ccccc1. The molecule has 0 bridgehead atoms. The number of hydrogen-bond donors (Lipinski definition) is 2. The number of nitrogens with two attached hydrogens (primary N) is 1. The predicted molar refractivity (Wildman–Crippen MR) is 98.0 cm³/mol. The van der Waals surface area contributed by atoms with Crippen molar-refractivity contribution >= 4 is 23.3 Å². The molecule has 3 aromatic rings. The van der Waals surface area contributed by atoms with Gasteiger partial charge in [0.15, 0.2) is 11.5 Å². The van der Waals surface area contributed by atoms with E-state index in [1.165, 1.54) is 4.68 Å². The summed E-state index contributed by atoms with van der Waals surface area (Å²) < 4.78 is 1.39. The fourth-order valence-electron chi connectivity index (χ4n) is 2.48. The van der Waals surface area contributed by atoms with Crippen LogP contribution in [-0.2, 0) is 0 Å². The molecule has 2 aromatic carbocycles. The molecule has 25 heavy (non-hydrogen) atoms. The molecule has 1 amide bonds. The van der Waals surface area contributed by atoms with Crippen LogP contribution in [0, 0.1) is 0 Å². The van der Waals surface area contributed by atoms with Gasteiger partial charge in [0.05, 0.1) is 5.69 Å². The summed E-state index contributed by atoms with van der Waals surface area (Å²) in [5.41, 5.74) is 7.93. The first-order valence-electron chi connectivity index (χ1n) is 7.86. The van der Waals surface area contributed by atoms with E-state index in [9.17, 15) is 4.79 Å². The molecule has 0 fully saturated rings. The topological polar surface area (TPSA) is 85.8 Å². The predicted octanol–water partition coefficient (Wildman–Crippen LogP) is 3.04. The van der Waals surface area contributed by atoms with Crippen LogP contribution in [0.2, 0.25) is 5.02 Å². The first-order chi connectivity index (χ1) is 12.1. The number of halogens is 1. The minimum atomic E-state index is -0.353. The van der Waals surface area contributed by atoms with Crippen LogP contribution in [-0.4, -0.2) is 27.4 Å². The highest BCUT2D eigenvalue weighted by molar-refractivity contribution is 6.30. The Balaban J connectivity index is 1.71. The molecule has 0 unspecified atom stereocenters. The highest BCUT2D eigenvalue weighted by Crippen LogP contribution is 2.19. The van der Waals surface area contributed by atoms with Gasteiger partial charge >= 0.3 is 0 Å². The van der Waals surface area contributed by atoms with E-state index in [0.717, 1.165) is 5.56 Å². The molecule has 6 nitrogen and oxygen atoms in total. The van der Waals surface area contributed by atoms with Gasteiger partial charge in [-0.25, -0.2) is 0 Å². The van der Waals surface area contributed by atoms with Crippen LogP contribution in [0.3, 0.4) is 0 Å². The van der Waals surface area contributed by atoms with Crippen molar-refractivity contribution in [2.45, 2.75) is 12.8 Å². The van der Waals surface area contributed by atoms with Gasteiger partial charge in [0.25, 0.3) is 5.91 Å². The summed E-state index contributed by atoms with van der Waals surface area (Å²) in [5.74, 6) is -0.00459. The molecule has 0 aliphatic rings. The number of carbonyl (C=O) groups is 1. The van der Waals surface area contributed by atoms with Crippen molar-refractivity contribution in [2.24, 2.45) is 0 Å². The Bertz CT molecular complexity index is 878. The normalized spacial score (nSPS) is 11.9. The molecule has 0 radical (unpaired) electrons. The summed E-state index contributed by atoms with van der Waals surface area (Å²) in [4.78, 5) is 12.4. The molecule has 0 spiro atoms. The standard InChI is InChI=1S/C18H18ClN5O/c1-12(13-6-3-2-4-7-13)11-21-18(25)16-17(20)24(23-22-16)15-9-5-8-14(19)10-15/h2-10,12H,11,20H2,1H3,(H,21,25)/t12-/m0/s1. The third-order valence-electron chi connectivity index (χ3n) is 3.91. The number of carbonyl (C=O) groups excluding carboxylic acids is 1. The summed E-state index contributed by atoms with van der Waals surface area (Å²) in [6.45, 7) is 2.52. The summed E-state index contributed by atoms with van der Waals surface area (Å²) in [6.07, 6.45) is 0. The van der Waals surface area contributed by atoms with Crippen LogP contribution in [0.1, 0.15) is 28.9 Å². The maximum Gasteiger partial charge on any atom is 0.275 e. The number of aromatic nitrogens is 3. The molecule has 1 aromatic heterocycles. The fraction of sp³-hybridized carbons (Fsp3) is 0.167. The third-order valence-corrected chi connectivity index (χ3v) is 4.15. The zero-order valence-electron chi connectivity index (χ0n) is 13.7. The number of nitrogen functional groups attached to an aromatic ring is 1. The minimum absolute atomic E-state index is 0.0974. The van der Waals surface area contributed by atoms with Crippen molar-refractivity contribution in [3.8, 4) is 5.69 Å². The Kier molecular flexibility index (Phi) is 5.00. The minimum Gasteiger partial charge on any atom is -0.382 e. The molecular weight excluding hydrogens is 338 g/mol. The molecule has 0 saturated heterocycles. The van der Waals surface area contributed by atoms with Gasteiger partial charge in [0.2, 0.25) is 0 Å². The number of anilines is 1. The highest BCUT2D eigenvalue weighted by Gasteiger charge is 2.19. The molecule has 0 aliphatic heterocycles. The van der Waals surface area contributed by atoms with Crippen LogP contribution in [0.25, 0.3) is 5.69 Å². The summed E-state index contributed by atoms with van der Waals surface area (Å²) in [6, 6.07) is 17.0. The molecule has 0 aliphatic carbocycles. The molecule has 1 heterocycles. The van der Waals surface area contributed by atoms with Crippen LogP contribution in [0.4, 0.5) is 5.82 Å². The van der Waals surface area contributed by atoms with E-state index in [-0.39, 0.29) is 23.3 Å². The number of hydrogen-bond acceptors (Lipinski definition) is 4. The van der Waals surface area contributed by atoms with E-state index in [0.29, 0.717) is 17.3 Å². The summed E-state index contributed by atoms with van der Waals surface area (Å²) in [7, 11) is 0. The maximum atomic E-state index is 12.4. The van der Waals surface area contributed by atoms with E-state index in [1.54, 1.807) is 24.3 Å². The van der Waals surface area contributed by atoms with Crippen molar-refractivity contribution in [3.05, 3.63) is 70.9 Å². The second-order valence-corrected chi connectivity index (χ2v) is 6.17. The van der Waals surface area contributed by atoms with Crippen molar-refractivity contribution in [2.75, 3.05) is 12.3 Å². The van der Waals surface area contributed by atoms with Crippen molar-refractivity contribution in [3.63, 3.8) is 0 Å². The van der Waals surface area contributed by atoms with E-state index in [1.807, 2.05) is 37.3 Å². The van der Waals surface area contributed by atoms with E-state index >= 15 is 0 Å². The number of nitrogens with zero attached hydrogens (tertiary/aromatic N) is 3. The molecule has 3 N–H and O–H groups in total. The van der Waals surface area contributed by atoms with Gasteiger partial charge in [-0.2, -0.15) is 4.68 Å². The van der Waals surface area contributed by atoms with Crippen LogP contribution in [0.15, 0.2) is 54.6 Å². The van der Waals surface area contributed by atoms with Gasteiger partial charge in [0, 0.05) is 11.6 Å². The van der Waals surface area contributed by atoms with Gasteiger partial charge in [-0.1, -0.05) is 60.1 Å². The Hall–Kier alpha value is -2.86. The summed E-state index contributed by atoms with van der Waals surface area (Å²) in [5, 5.41) is 11.3. The van der Waals surface area contributed by atoms with Crippen molar-refractivity contribution in [1.82, 2.24) is 20.3 Å². The lowest BCUT2D eigenvalue weighted by molar-refractivity contribution is 0.0947. The Labute approximate surface area is 150 Å². The van der Waals surface area contributed by atoms with Gasteiger partial charge in [-0.3, -0.25) is 4.79 Å². The Morgan fingerprint density at radius 1 is 1.24 bits per heavy atom. The van der Waals surface area contributed by atoms with Gasteiger partial charge in [0.1, 0.15) is 0 Å². The average Bonchev–Trinajstić information content (AvgIpc) is 3.01. The van der Waals surface area contributed by atoms with Gasteiger partial charge in [-0.15, -0.1) is 5.10 Å². The van der Waals surface area contributed by atoms with Gasteiger partial charge < -0.3 is 11.1 Å². The van der Waals surface area contributed by atoms with Crippen LogP contribution < -0.4 is 11.1 Å². The maximum absolute atomic E-state index is 12.4. The van der Waals surface area contributed by atoms with E-state index < -0.39 is 0 Å². The lowest BCUT2D eigenvalue weighted by Crippen LogP contribution is -2.28. The van der Waals surface area contributed by atoms with E-state index in [4.69, 9.17) is 17.3 Å². The fourth-order valence-corrected chi connectivity index (χ4v) is 2.66. The van der Waals surface area contributed by atoms with Crippen LogP contribution >= 0.6 is 11.6 Å². The van der Waals surface area contributed by atoms with E-state index in [2.05, 4.69) is 15.6 Å². The molecule has 3 rings (SSSR count). The molecular formula is C18H18ClN5O. The number of nitrogens with one attached hydrogen (secondary N) is 1. The zero-order chi connectivity index (χ0) is 17.8. The molecule has 1 atom stereocenters. The third kappa shape index (κ3) is 3.80. The molecule has 0 saturated carbocycles. The zero-order valence-corrected chi connectivity index (χ0v) is 14.4. The van der Waals surface area contributed by atoms with Crippen LogP contribution in [0.5, 0.6) is 0 Å². The Morgan fingerprint density at radius 2 is 2.00 bits per heavy atom. The smallest absolute Gasteiger partial charge is 0.275 e. The largest absolute Gasteiger partial charge is 0.382 e. The monoisotopic (exact) mass is 355 g/mol. The number of benzene rings is 2. The quantitative estimate of drug-likeness (QED) is 0.736. The Morgan fingerprint density at radius 3 is 2.72 bits per heavy atom. The first kappa shape index (κ1) is 17.0. The number of rotatable bonds is 5. The first-order valence-corrected chi connectivity index (χ1v) is 8.24. The summed E-state index contributed by atoms with van der Waals surface area (Å²) >= 11 is 5.98. The second-order valence-electron chi connectivity index (χ2n) is 5.74. The lowest BCUT2D eigenvalue weighted by atomic mass is 10.0. The highest BCUT2D eigenvalue weighted by atomic mass is 35.5. The van der Waals surface area contributed by atoms with Gasteiger partial charge in [-0.05, 0) is 29.7 Å². The van der Waals surface area contributed by atoms with Crippen molar-refractivity contribution in [1.29, 1.82) is 0 Å².